The number of hydrogen-bond acceptors (Lipinski definition) is 4. The van der Waals surface area contributed by atoms with Gasteiger partial charge in [-0.2, -0.15) is 0 Å². The number of ether oxygens (including phenoxy) is 1. The Balaban J connectivity index is 1.69. The maximum absolute atomic E-state index is 14.2. The molecule has 118 valence electrons. The van der Waals surface area contributed by atoms with Crippen LogP contribution in [0.4, 0.5) is 14.9 Å². The van der Waals surface area contributed by atoms with Crippen molar-refractivity contribution in [2.24, 2.45) is 0 Å². The first-order valence-electron chi connectivity index (χ1n) is 7.27. The first-order valence-corrected chi connectivity index (χ1v) is 7.27. The molecule has 2 aliphatic heterocycles. The van der Waals surface area contributed by atoms with Crippen LogP contribution in [0.1, 0.15) is 18.4 Å². The van der Waals surface area contributed by atoms with Gasteiger partial charge in [0.05, 0.1) is 18.8 Å². The number of rotatable bonds is 4. The highest BCUT2D eigenvalue weighted by molar-refractivity contribution is 5.89. The van der Waals surface area contributed by atoms with E-state index in [4.69, 9.17) is 4.74 Å². The van der Waals surface area contributed by atoms with E-state index in [1.165, 1.54) is 17.9 Å². The SMILES string of the molecule is CC(=O)NC[C@H]1CN(c2ccc(C3CNC3)c(F)c2)C(=O)O1. The first-order chi connectivity index (χ1) is 10.5. The Bertz CT molecular complexity index is 604. The highest BCUT2D eigenvalue weighted by Crippen LogP contribution is 2.28. The minimum Gasteiger partial charge on any atom is -0.442 e. The van der Waals surface area contributed by atoms with Crippen molar-refractivity contribution >= 4 is 17.7 Å². The van der Waals surface area contributed by atoms with E-state index in [-0.39, 0.29) is 24.2 Å². The van der Waals surface area contributed by atoms with E-state index in [9.17, 15) is 14.0 Å². The molecule has 2 aliphatic rings. The summed E-state index contributed by atoms with van der Waals surface area (Å²) in [4.78, 5) is 24.2. The smallest absolute Gasteiger partial charge is 0.414 e. The van der Waals surface area contributed by atoms with Gasteiger partial charge in [-0.3, -0.25) is 9.69 Å². The van der Waals surface area contributed by atoms with Gasteiger partial charge in [-0.15, -0.1) is 0 Å². The van der Waals surface area contributed by atoms with E-state index in [2.05, 4.69) is 10.6 Å². The topological polar surface area (TPSA) is 70.7 Å². The molecule has 2 saturated heterocycles. The van der Waals surface area contributed by atoms with Crippen LogP contribution in [0.2, 0.25) is 0 Å². The normalized spacial score (nSPS) is 21.5. The third-order valence-electron chi connectivity index (χ3n) is 3.97. The van der Waals surface area contributed by atoms with Crippen LogP contribution in [0.15, 0.2) is 18.2 Å². The molecule has 0 aliphatic carbocycles. The highest BCUT2D eigenvalue weighted by Gasteiger charge is 2.33. The molecule has 2 amide bonds. The average Bonchev–Trinajstić information content (AvgIpc) is 2.78. The maximum atomic E-state index is 14.2. The molecule has 1 aromatic carbocycles. The van der Waals surface area contributed by atoms with Crippen LogP contribution >= 0.6 is 0 Å². The fraction of sp³-hybridized carbons (Fsp3) is 0.467. The lowest BCUT2D eigenvalue weighted by atomic mass is 9.93. The van der Waals surface area contributed by atoms with Gasteiger partial charge in [-0.05, 0) is 17.7 Å². The van der Waals surface area contributed by atoms with Crippen molar-refractivity contribution in [2.75, 3.05) is 31.1 Å². The van der Waals surface area contributed by atoms with Gasteiger partial charge in [0.25, 0.3) is 0 Å². The van der Waals surface area contributed by atoms with Gasteiger partial charge in [0.15, 0.2) is 0 Å². The Kier molecular flexibility index (Phi) is 3.98. The Labute approximate surface area is 127 Å². The molecule has 2 fully saturated rings. The minimum absolute atomic E-state index is 0.181. The second-order valence-corrected chi connectivity index (χ2v) is 5.61. The van der Waals surface area contributed by atoms with Gasteiger partial charge >= 0.3 is 6.09 Å². The number of halogens is 1. The van der Waals surface area contributed by atoms with Crippen molar-refractivity contribution in [3.8, 4) is 0 Å². The van der Waals surface area contributed by atoms with Crippen LogP contribution in [0.25, 0.3) is 0 Å². The van der Waals surface area contributed by atoms with Crippen LogP contribution in [0.3, 0.4) is 0 Å². The molecule has 6 nitrogen and oxygen atoms in total. The Morgan fingerprint density at radius 3 is 2.86 bits per heavy atom. The van der Waals surface area contributed by atoms with E-state index >= 15 is 0 Å². The third kappa shape index (κ3) is 2.89. The monoisotopic (exact) mass is 307 g/mol. The predicted octanol–water partition coefficient (Wildman–Crippen LogP) is 0.974. The number of carbonyl (C=O) groups is 2. The Morgan fingerprint density at radius 2 is 2.27 bits per heavy atom. The second kappa shape index (κ2) is 5.92. The third-order valence-corrected chi connectivity index (χ3v) is 3.97. The molecule has 0 unspecified atom stereocenters. The standard InChI is InChI=1S/C15H18FN3O3/c1-9(20)18-7-12-8-19(15(21)22-12)11-2-3-13(14(16)4-11)10-5-17-6-10/h2-4,10,12,17H,5-8H2,1H3,(H,18,20)/t12-/m0/s1. The lowest BCUT2D eigenvalue weighted by molar-refractivity contribution is -0.119. The molecule has 0 saturated carbocycles. The van der Waals surface area contributed by atoms with Gasteiger partial charge in [-0.1, -0.05) is 6.07 Å². The summed E-state index contributed by atoms with van der Waals surface area (Å²) in [6.45, 7) is 3.51. The quantitative estimate of drug-likeness (QED) is 0.870. The molecule has 2 N–H and O–H groups in total. The van der Waals surface area contributed by atoms with Gasteiger partial charge in [0.2, 0.25) is 5.91 Å². The van der Waals surface area contributed by atoms with E-state index in [0.29, 0.717) is 17.8 Å². The summed E-state index contributed by atoms with van der Waals surface area (Å²) < 4.78 is 19.4. The second-order valence-electron chi connectivity index (χ2n) is 5.61. The molecule has 1 aromatic rings. The summed E-state index contributed by atoms with van der Waals surface area (Å²) in [7, 11) is 0. The number of carbonyl (C=O) groups excluding carboxylic acids is 2. The van der Waals surface area contributed by atoms with Crippen LogP contribution in [-0.2, 0) is 9.53 Å². The zero-order valence-electron chi connectivity index (χ0n) is 12.3. The summed E-state index contributed by atoms with van der Waals surface area (Å²) in [5, 5.41) is 5.71. The molecule has 0 radical (unpaired) electrons. The van der Waals surface area contributed by atoms with Crippen molar-refractivity contribution in [3.05, 3.63) is 29.6 Å². The van der Waals surface area contributed by atoms with Crippen LogP contribution < -0.4 is 15.5 Å². The molecular formula is C15H18FN3O3. The predicted molar refractivity (Wildman–Crippen MR) is 78.3 cm³/mol. The minimum atomic E-state index is -0.521. The summed E-state index contributed by atoms with van der Waals surface area (Å²) in [5.41, 5.74) is 1.15. The molecule has 0 aromatic heterocycles. The number of hydrogen-bond donors (Lipinski definition) is 2. The van der Waals surface area contributed by atoms with E-state index in [0.717, 1.165) is 13.1 Å². The van der Waals surface area contributed by atoms with Crippen molar-refractivity contribution in [3.63, 3.8) is 0 Å². The van der Waals surface area contributed by atoms with Crippen LogP contribution in [-0.4, -0.2) is 44.3 Å². The van der Waals surface area contributed by atoms with Crippen molar-refractivity contribution < 1.29 is 18.7 Å². The first kappa shape index (κ1) is 14.8. The van der Waals surface area contributed by atoms with Crippen LogP contribution in [0, 0.1) is 5.82 Å². The lowest BCUT2D eigenvalue weighted by Gasteiger charge is -2.28. The Hall–Kier alpha value is -2.15. The molecule has 0 bridgehead atoms. The van der Waals surface area contributed by atoms with E-state index in [1.807, 2.05) is 0 Å². The van der Waals surface area contributed by atoms with Crippen molar-refractivity contribution in [2.45, 2.75) is 18.9 Å². The van der Waals surface area contributed by atoms with Gasteiger partial charge in [0.1, 0.15) is 11.9 Å². The lowest BCUT2D eigenvalue weighted by Crippen LogP contribution is -2.40. The van der Waals surface area contributed by atoms with Gasteiger partial charge in [-0.25, -0.2) is 9.18 Å². The maximum Gasteiger partial charge on any atom is 0.414 e. The summed E-state index contributed by atoms with van der Waals surface area (Å²) in [6.07, 6.45) is -0.942. The van der Waals surface area contributed by atoms with E-state index in [1.54, 1.807) is 12.1 Å². The Morgan fingerprint density at radius 1 is 1.50 bits per heavy atom. The number of nitrogens with one attached hydrogen (secondary N) is 2. The largest absolute Gasteiger partial charge is 0.442 e. The zero-order valence-corrected chi connectivity index (χ0v) is 12.3. The molecule has 0 spiro atoms. The number of anilines is 1. The zero-order chi connectivity index (χ0) is 15.7. The summed E-state index contributed by atoms with van der Waals surface area (Å²) in [6, 6.07) is 4.83. The van der Waals surface area contributed by atoms with Crippen molar-refractivity contribution in [1.82, 2.24) is 10.6 Å². The molecule has 7 heteroatoms. The molecule has 3 rings (SSSR count). The molecule has 2 heterocycles. The number of nitrogens with zero attached hydrogens (tertiary/aromatic N) is 1. The van der Waals surface area contributed by atoms with Gasteiger partial charge in [0, 0.05) is 25.9 Å². The van der Waals surface area contributed by atoms with E-state index < -0.39 is 12.2 Å². The fourth-order valence-electron chi connectivity index (χ4n) is 2.62. The summed E-state index contributed by atoms with van der Waals surface area (Å²) >= 11 is 0. The van der Waals surface area contributed by atoms with Crippen LogP contribution in [0.5, 0.6) is 0 Å². The number of benzene rings is 1. The highest BCUT2D eigenvalue weighted by atomic mass is 19.1. The molecule has 1 atom stereocenters. The summed E-state index contributed by atoms with van der Waals surface area (Å²) in [5.74, 6) is -0.284. The number of amides is 2. The molecule has 22 heavy (non-hydrogen) atoms. The van der Waals surface area contributed by atoms with Crippen molar-refractivity contribution in [1.29, 1.82) is 0 Å². The molecular weight excluding hydrogens is 289 g/mol. The van der Waals surface area contributed by atoms with Gasteiger partial charge < -0.3 is 15.4 Å². The fourth-order valence-corrected chi connectivity index (χ4v) is 2.62. The average molecular weight is 307 g/mol. The number of cyclic esters (lactones) is 1.